The largest absolute Gasteiger partial charge is 0.351 e. The molecule has 1 atom stereocenters. The number of carbonyl (C=O) groups is 2. The van der Waals surface area contributed by atoms with E-state index in [9.17, 15) is 9.59 Å². The van der Waals surface area contributed by atoms with Gasteiger partial charge < -0.3 is 10.2 Å². The van der Waals surface area contributed by atoms with Gasteiger partial charge in [0.15, 0.2) is 0 Å². The van der Waals surface area contributed by atoms with E-state index in [0.29, 0.717) is 18.7 Å². The van der Waals surface area contributed by atoms with E-state index in [1.165, 1.54) is 9.75 Å². The van der Waals surface area contributed by atoms with Crippen LogP contribution in [0.5, 0.6) is 0 Å². The average molecular weight is 371 g/mol. The topological polar surface area (TPSA) is 49.4 Å². The van der Waals surface area contributed by atoms with Crippen LogP contribution < -0.4 is 5.32 Å². The van der Waals surface area contributed by atoms with Crippen molar-refractivity contribution in [2.24, 2.45) is 5.92 Å². The maximum Gasteiger partial charge on any atom is 0.253 e. The first-order valence-corrected chi connectivity index (χ1v) is 10.1. The first kappa shape index (κ1) is 18.6. The van der Waals surface area contributed by atoms with Crippen molar-refractivity contribution in [3.63, 3.8) is 0 Å². The van der Waals surface area contributed by atoms with E-state index in [-0.39, 0.29) is 17.7 Å². The van der Waals surface area contributed by atoms with Gasteiger partial charge in [0.2, 0.25) is 5.91 Å². The number of piperidine rings is 1. The second kappa shape index (κ2) is 8.49. The third-order valence-electron chi connectivity index (χ3n) is 4.88. The molecule has 1 unspecified atom stereocenters. The number of likely N-dealkylation sites (tertiary alicyclic amines) is 1. The maximum absolute atomic E-state index is 12.7. The Labute approximate surface area is 159 Å². The van der Waals surface area contributed by atoms with Gasteiger partial charge in [0, 0.05) is 28.4 Å². The fourth-order valence-electron chi connectivity index (χ4n) is 3.28. The average Bonchev–Trinajstić information content (AvgIpc) is 3.14. The summed E-state index contributed by atoms with van der Waals surface area (Å²) in [7, 11) is 0. The lowest BCUT2D eigenvalue weighted by Crippen LogP contribution is -2.45. The third-order valence-corrected chi connectivity index (χ3v) is 6.11. The van der Waals surface area contributed by atoms with Crippen LogP contribution in [-0.2, 0) is 17.8 Å². The summed E-state index contributed by atoms with van der Waals surface area (Å²) in [5, 5.41) is 3.05. The van der Waals surface area contributed by atoms with E-state index in [1.54, 1.807) is 11.3 Å². The molecule has 0 radical (unpaired) electrons. The van der Waals surface area contributed by atoms with Crippen LogP contribution in [0.2, 0.25) is 0 Å². The molecule has 1 aromatic carbocycles. The van der Waals surface area contributed by atoms with Crippen molar-refractivity contribution in [1.82, 2.24) is 10.2 Å². The Morgan fingerprint density at radius 3 is 2.58 bits per heavy atom. The van der Waals surface area contributed by atoms with Crippen molar-refractivity contribution in [3.8, 4) is 0 Å². The van der Waals surface area contributed by atoms with Gasteiger partial charge in [0.25, 0.3) is 5.91 Å². The number of nitrogens with zero attached hydrogens (tertiary/aromatic N) is 1. The molecule has 0 spiro atoms. The summed E-state index contributed by atoms with van der Waals surface area (Å²) in [6, 6.07) is 11.8. The van der Waals surface area contributed by atoms with Crippen LogP contribution in [-0.4, -0.2) is 29.8 Å². The normalized spacial score (nSPS) is 17.2. The molecule has 0 saturated carbocycles. The van der Waals surface area contributed by atoms with Crippen LogP contribution in [0.1, 0.15) is 45.4 Å². The van der Waals surface area contributed by atoms with Crippen LogP contribution in [0, 0.1) is 12.8 Å². The van der Waals surface area contributed by atoms with E-state index in [0.717, 1.165) is 31.4 Å². The number of aryl methyl sites for hydroxylation is 2. The van der Waals surface area contributed by atoms with Crippen LogP contribution in [0.25, 0.3) is 0 Å². The van der Waals surface area contributed by atoms with E-state index in [4.69, 9.17) is 0 Å². The van der Waals surface area contributed by atoms with E-state index >= 15 is 0 Å². The summed E-state index contributed by atoms with van der Waals surface area (Å²) in [5.41, 5.74) is 1.83. The standard InChI is InChI=1S/C21H26N2O2S/c1-3-18-10-11-19(26-18)13-22-20(24)17-5-4-12-23(14-17)21(25)16-8-6-15(2)7-9-16/h6-11,17H,3-5,12-14H2,1-2H3,(H,22,24). The number of carbonyl (C=O) groups excluding carboxylic acids is 2. The van der Waals surface area contributed by atoms with Crippen LogP contribution in [0.3, 0.4) is 0 Å². The molecule has 1 aromatic heterocycles. The Kier molecular flexibility index (Phi) is 6.09. The molecule has 0 aliphatic carbocycles. The monoisotopic (exact) mass is 370 g/mol. The zero-order chi connectivity index (χ0) is 18.5. The number of benzene rings is 1. The van der Waals surface area contributed by atoms with Crippen molar-refractivity contribution in [2.75, 3.05) is 13.1 Å². The number of thiophene rings is 1. The summed E-state index contributed by atoms with van der Waals surface area (Å²) < 4.78 is 0. The Morgan fingerprint density at radius 1 is 1.15 bits per heavy atom. The number of hydrogen-bond acceptors (Lipinski definition) is 3. The Hall–Kier alpha value is -2.14. The molecule has 138 valence electrons. The lowest BCUT2D eigenvalue weighted by atomic mass is 9.96. The minimum absolute atomic E-state index is 0.0216. The van der Waals surface area contributed by atoms with Crippen molar-refractivity contribution in [1.29, 1.82) is 0 Å². The highest BCUT2D eigenvalue weighted by atomic mass is 32.1. The highest BCUT2D eigenvalue weighted by molar-refractivity contribution is 7.11. The smallest absolute Gasteiger partial charge is 0.253 e. The second-order valence-corrected chi connectivity index (χ2v) is 8.15. The number of nitrogens with one attached hydrogen (secondary N) is 1. The quantitative estimate of drug-likeness (QED) is 0.871. The molecule has 1 aliphatic heterocycles. The zero-order valence-electron chi connectivity index (χ0n) is 15.5. The third kappa shape index (κ3) is 4.52. The number of rotatable bonds is 5. The molecular weight excluding hydrogens is 344 g/mol. The minimum atomic E-state index is -0.122. The summed E-state index contributed by atoms with van der Waals surface area (Å²) in [6.45, 7) is 5.94. The lowest BCUT2D eigenvalue weighted by molar-refractivity contribution is -0.126. The summed E-state index contributed by atoms with van der Waals surface area (Å²) in [4.78, 5) is 29.6. The van der Waals surface area contributed by atoms with Crippen LogP contribution in [0.15, 0.2) is 36.4 Å². The van der Waals surface area contributed by atoms with Crippen LogP contribution in [0.4, 0.5) is 0 Å². The van der Waals surface area contributed by atoms with Crippen molar-refractivity contribution >= 4 is 23.2 Å². The molecule has 26 heavy (non-hydrogen) atoms. The Bertz CT molecular complexity index is 767. The van der Waals surface area contributed by atoms with Gasteiger partial charge in [0.05, 0.1) is 12.5 Å². The Morgan fingerprint density at radius 2 is 1.88 bits per heavy atom. The number of hydrogen-bond donors (Lipinski definition) is 1. The molecule has 3 rings (SSSR count). The first-order chi connectivity index (χ1) is 12.6. The fourth-order valence-corrected chi connectivity index (χ4v) is 4.18. The SMILES string of the molecule is CCc1ccc(CNC(=O)C2CCCN(C(=O)c3ccc(C)cc3)C2)s1. The van der Waals surface area contributed by atoms with Crippen molar-refractivity contribution in [2.45, 2.75) is 39.7 Å². The molecule has 2 heterocycles. The van der Waals surface area contributed by atoms with E-state index in [1.807, 2.05) is 36.1 Å². The minimum Gasteiger partial charge on any atom is -0.351 e. The highest BCUT2D eigenvalue weighted by Gasteiger charge is 2.28. The summed E-state index contributed by atoms with van der Waals surface area (Å²) >= 11 is 1.75. The van der Waals surface area contributed by atoms with Gasteiger partial charge in [-0.15, -0.1) is 11.3 Å². The molecule has 0 bridgehead atoms. The van der Waals surface area contributed by atoms with Gasteiger partial charge in [-0.2, -0.15) is 0 Å². The second-order valence-electron chi connectivity index (χ2n) is 6.90. The molecular formula is C21H26N2O2S. The van der Waals surface area contributed by atoms with Gasteiger partial charge in [-0.25, -0.2) is 0 Å². The van der Waals surface area contributed by atoms with Crippen molar-refractivity contribution in [3.05, 3.63) is 57.3 Å². The predicted octanol–water partition coefficient (Wildman–Crippen LogP) is 3.79. The van der Waals surface area contributed by atoms with E-state index < -0.39 is 0 Å². The van der Waals surface area contributed by atoms with E-state index in [2.05, 4.69) is 24.4 Å². The van der Waals surface area contributed by atoms with Gasteiger partial charge in [-0.3, -0.25) is 9.59 Å². The fraction of sp³-hybridized carbons (Fsp3) is 0.429. The van der Waals surface area contributed by atoms with Gasteiger partial charge >= 0.3 is 0 Å². The van der Waals surface area contributed by atoms with Gasteiger partial charge in [-0.1, -0.05) is 24.6 Å². The molecule has 5 heteroatoms. The predicted molar refractivity (Wildman–Crippen MR) is 105 cm³/mol. The molecule has 1 saturated heterocycles. The molecule has 2 amide bonds. The van der Waals surface area contributed by atoms with Crippen molar-refractivity contribution < 1.29 is 9.59 Å². The molecule has 1 N–H and O–H groups in total. The zero-order valence-corrected chi connectivity index (χ0v) is 16.3. The van der Waals surface area contributed by atoms with Gasteiger partial charge in [-0.05, 0) is 50.5 Å². The molecule has 1 aliphatic rings. The molecule has 1 fully saturated rings. The summed E-state index contributed by atoms with van der Waals surface area (Å²) in [5.74, 6) is -0.0463. The highest BCUT2D eigenvalue weighted by Crippen LogP contribution is 2.20. The Balaban J connectivity index is 1.56. The van der Waals surface area contributed by atoms with Gasteiger partial charge in [0.1, 0.15) is 0 Å². The molecule has 2 aromatic rings. The van der Waals surface area contributed by atoms with Crippen LogP contribution >= 0.6 is 11.3 Å². The first-order valence-electron chi connectivity index (χ1n) is 9.28. The lowest BCUT2D eigenvalue weighted by Gasteiger charge is -2.32. The summed E-state index contributed by atoms with van der Waals surface area (Å²) in [6.07, 6.45) is 2.74. The number of amides is 2. The molecule has 4 nitrogen and oxygen atoms in total. The maximum atomic E-state index is 12.7.